The molecule has 0 fully saturated rings. The molecule has 0 aliphatic carbocycles. The largest absolute Gasteiger partial charge is 0.347 e. The highest BCUT2D eigenvalue weighted by Crippen LogP contribution is 2.20. The molecule has 0 saturated heterocycles. The van der Waals surface area contributed by atoms with Gasteiger partial charge in [-0.2, -0.15) is 0 Å². The number of rotatable bonds is 6. The van der Waals surface area contributed by atoms with Gasteiger partial charge in [0.1, 0.15) is 0 Å². The molecule has 1 N–H and O–H groups in total. The second-order valence-corrected chi connectivity index (χ2v) is 3.13. The molecule has 68 valence electrons. The summed E-state index contributed by atoms with van der Waals surface area (Å²) in [4.78, 5) is 0. The lowest BCUT2D eigenvalue weighted by Crippen LogP contribution is -2.39. The van der Waals surface area contributed by atoms with Crippen molar-refractivity contribution >= 4 is 11.6 Å². The maximum absolute atomic E-state index is 6.07. The van der Waals surface area contributed by atoms with Crippen LogP contribution in [0.4, 0.5) is 0 Å². The van der Waals surface area contributed by atoms with E-state index in [1.807, 2.05) is 14.0 Å². The summed E-state index contributed by atoms with van der Waals surface area (Å²) in [6.45, 7) is 4.73. The van der Waals surface area contributed by atoms with Gasteiger partial charge in [-0.25, -0.2) is 0 Å². The zero-order chi connectivity index (χ0) is 8.74. The van der Waals surface area contributed by atoms with Gasteiger partial charge in [-0.3, -0.25) is 5.32 Å². The fourth-order valence-electron chi connectivity index (χ4n) is 0.902. The Morgan fingerprint density at radius 2 is 2.09 bits per heavy atom. The first-order valence-electron chi connectivity index (χ1n) is 4.20. The number of halogens is 1. The van der Waals surface area contributed by atoms with E-state index in [-0.39, 0.29) is 0 Å². The van der Waals surface area contributed by atoms with E-state index >= 15 is 0 Å². The lowest BCUT2D eigenvalue weighted by molar-refractivity contribution is -0.0000331. The summed E-state index contributed by atoms with van der Waals surface area (Å²) >= 11 is 6.07. The quantitative estimate of drug-likeness (QED) is 0.384. The maximum atomic E-state index is 6.07. The van der Waals surface area contributed by atoms with Crippen LogP contribution >= 0.6 is 11.6 Å². The molecule has 0 aromatic rings. The molecule has 0 heterocycles. The van der Waals surface area contributed by atoms with E-state index in [0.29, 0.717) is 6.61 Å². The highest BCUT2D eigenvalue weighted by atomic mass is 35.5. The molecule has 0 spiro atoms. The van der Waals surface area contributed by atoms with E-state index < -0.39 is 5.18 Å². The zero-order valence-corrected chi connectivity index (χ0v) is 8.37. The van der Waals surface area contributed by atoms with Crippen molar-refractivity contribution in [2.24, 2.45) is 0 Å². The van der Waals surface area contributed by atoms with Crippen molar-refractivity contribution in [3.05, 3.63) is 0 Å². The molecule has 2 nitrogen and oxygen atoms in total. The third-order valence-corrected chi connectivity index (χ3v) is 2.09. The van der Waals surface area contributed by atoms with Crippen molar-refractivity contribution in [2.45, 2.75) is 38.3 Å². The van der Waals surface area contributed by atoms with E-state index in [1.54, 1.807) is 0 Å². The first kappa shape index (κ1) is 11.2. The van der Waals surface area contributed by atoms with Crippen LogP contribution in [0, 0.1) is 0 Å². The molecule has 0 saturated carbocycles. The van der Waals surface area contributed by atoms with Crippen LogP contribution in [0.3, 0.4) is 0 Å². The average Bonchev–Trinajstić information content (AvgIpc) is 2.02. The molecule has 11 heavy (non-hydrogen) atoms. The van der Waals surface area contributed by atoms with Crippen molar-refractivity contribution in [3.8, 4) is 0 Å². The number of nitrogens with one attached hydrogen (secondary N) is 1. The Hall–Kier alpha value is 0.210. The Morgan fingerprint density at radius 1 is 1.45 bits per heavy atom. The number of hydrogen-bond acceptors (Lipinski definition) is 2. The topological polar surface area (TPSA) is 21.3 Å². The Balaban J connectivity index is 3.68. The first-order chi connectivity index (χ1) is 5.18. The number of hydrogen-bond donors (Lipinski definition) is 1. The molecule has 0 rings (SSSR count). The second kappa shape index (κ2) is 5.81. The summed E-state index contributed by atoms with van der Waals surface area (Å²) in [7, 11) is 1.82. The Labute approximate surface area is 74.3 Å². The smallest absolute Gasteiger partial charge is 0.195 e. The summed E-state index contributed by atoms with van der Waals surface area (Å²) in [6, 6.07) is 0. The van der Waals surface area contributed by atoms with Gasteiger partial charge in [0.05, 0.1) is 0 Å². The van der Waals surface area contributed by atoms with Crippen LogP contribution in [-0.2, 0) is 4.74 Å². The van der Waals surface area contributed by atoms with E-state index in [2.05, 4.69) is 12.2 Å². The van der Waals surface area contributed by atoms with Gasteiger partial charge in [0.15, 0.2) is 5.18 Å². The lowest BCUT2D eigenvalue weighted by atomic mass is 10.2. The summed E-state index contributed by atoms with van der Waals surface area (Å²) in [5.41, 5.74) is 0. The predicted octanol–water partition coefficient (Wildman–Crippen LogP) is 2.33. The lowest BCUT2D eigenvalue weighted by Gasteiger charge is -2.25. The van der Waals surface area contributed by atoms with Gasteiger partial charge in [-0.15, -0.1) is 0 Å². The molecule has 1 unspecified atom stereocenters. The molecule has 1 atom stereocenters. The highest BCUT2D eigenvalue weighted by molar-refractivity contribution is 6.22. The molecular weight excluding hydrogens is 162 g/mol. The van der Waals surface area contributed by atoms with E-state index in [0.717, 1.165) is 19.3 Å². The summed E-state index contributed by atoms with van der Waals surface area (Å²) in [5.74, 6) is 0. The Bertz CT molecular complexity index is 100. The molecule has 0 aromatic carbocycles. The van der Waals surface area contributed by atoms with Crippen LogP contribution in [0.2, 0.25) is 0 Å². The Kier molecular flexibility index (Phi) is 5.92. The van der Waals surface area contributed by atoms with Crippen molar-refractivity contribution < 1.29 is 4.74 Å². The van der Waals surface area contributed by atoms with Gasteiger partial charge >= 0.3 is 0 Å². The van der Waals surface area contributed by atoms with Crippen LogP contribution in [0.5, 0.6) is 0 Å². The van der Waals surface area contributed by atoms with Crippen LogP contribution in [0.25, 0.3) is 0 Å². The van der Waals surface area contributed by atoms with Gasteiger partial charge in [0.2, 0.25) is 0 Å². The van der Waals surface area contributed by atoms with Crippen molar-refractivity contribution in [3.63, 3.8) is 0 Å². The van der Waals surface area contributed by atoms with Gasteiger partial charge < -0.3 is 4.74 Å². The highest BCUT2D eigenvalue weighted by Gasteiger charge is 2.23. The fraction of sp³-hybridized carbons (Fsp3) is 1.00. The van der Waals surface area contributed by atoms with E-state index in [1.165, 1.54) is 0 Å². The molecule has 3 heteroatoms. The summed E-state index contributed by atoms with van der Waals surface area (Å²) in [5, 5.41) is 2.32. The third-order valence-electron chi connectivity index (χ3n) is 1.60. The van der Waals surface area contributed by atoms with E-state index in [9.17, 15) is 0 Å². The van der Waals surface area contributed by atoms with Gasteiger partial charge in [-0.1, -0.05) is 24.9 Å². The van der Waals surface area contributed by atoms with Crippen molar-refractivity contribution in [2.75, 3.05) is 13.7 Å². The predicted molar refractivity (Wildman–Crippen MR) is 48.8 cm³/mol. The maximum Gasteiger partial charge on any atom is 0.195 e. The first-order valence-corrected chi connectivity index (χ1v) is 4.58. The molecule has 0 aliphatic rings. The second-order valence-electron chi connectivity index (χ2n) is 2.52. The Morgan fingerprint density at radius 3 is 2.45 bits per heavy atom. The minimum absolute atomic E-state index is 0.634. The van der Waals surface area contributed by atoms with E-state index in [4.69, 9.17) is 16.3 Å². The van der Waals surface area contributed by atoms with Crippen LogP contribution < -0.4 is 5.32 Å². The molecule has 0 aliphatic heterocycles. The van der Waals surface area contributed by atoms with Gasteiger partial charge in [-0.05, 0) is 20.4 Å². The van der Waals surface area contributed by atoms with Crippen molar-refractivity contribution in [1.29, 1.82) is 0 Å². The molecule has 0 aromatic heterocycles. The molecule has 0 radical (unpaired) electrons. The normalized spacial score (nSPS) is 16.4. The standard InChI is InChI=1S/C8H18ClNO/c1-4-6-7-8(9,10-3)11-5-2/h10H,4-7H2,1-3H3. The van der Waals surface area contributed by atoms with Crippen LogP contribution in [-0.4, -0.2) is 18.8 Å². The summed E-state index contributed by atoms with van der Waals surface area (Å²) in [6.07, 6.45) is 3.09. The zero-order valence-electron chi connectivity index (χ0n) is 7.61. The number of ether oxygens (including phenoxy) is 1. The monoisotopic (exact) mass is 179 g/mol. The average molecular weight is 180 g/mol. The van der Waals surface area contributed by atoms with Crippen LogP contribution in [0.1, 0.15) is 33.1 Å². The SMILES string of the molecule is CCCCC(Cl)(NC)OCC. The molecule has 0 bridgehead atoms. The molecule has 0 amide bonds. The van der Waals surface area contributed by atoms with Gasteiger partial charge in [0.25, 0.3) is 0 Å². The van der Waals surface area contributed by atoms with Gasteiger partial charge in [0, 0.05) is 13.0 Å². The number of alkyl halides is 1. The minimum Gasteiger partial charge on any atom is -0.347 e. The summed E-state index contributed by atoms with van der Waals surface area (Å²) < 4.78 is 5.34. The molecular formula is C8H18ClNO. The van der Waals surface area contributed by atoms with Crippen LogP contribution in [0.15, 0.2) is 0 Å². The minimum atomic E-state index is -0.634. The number of unbranched alkanes of at least 4 members (excludes halogenated alkanes) is 1. The fourth-order valence-corrected chi connectivity index (χ4v) is 1.15. The van der Waals surface area contributed by atoms with Crippen molar-refractivity contribution in [1.82, 2.24) is 5.32 Å². The third kappa shape index (κ3) is 4.62.